The first-order valence-corrected chi connectivity index (χ1v) is 7.02. The van der Waals surface area contributed by atoms with E-state index < -0.39 is 0 Å². The number of hydrogen-bond donors (Lipinski definition) is 1. The van der Waals surface area contributed by atoms with Crippen LogP contribution in [-0.2, 0) is 6.42 Å². The number of rotatable bonds is 4. The number of hydrogen-bond acceptors (Lipinski definition) is 1. The predicted molar refractivity (Wildman–Crippen MR) is 69.8 cm³/mol. The maximum atomic E-state index is 10.7. The molecule has 3 atom stereocenters. The molecule has 0 aliphatic heterocycles. The molecule has 3 unspecified atom stereocenters. The van der Waals surface area contributed by atoms with E-state index in [1.54, 1.807) is 0 Å². The fourth-order valence-corrected chi connectivity index (χ4v) is 3.96. The SMILES string of the molecule is OC1(CCCc2ccccc2)CC2CCC1C2. The van der Waals surface area contributed by atoms with E-state index in [0.29, 0.717) is 5.92 Å². The fourth-order valence-electron chi connectivity index (χ4n) is 3.96. The van der Waals surface area contributed by atoms with Gasteiger partial charge in [-0.15, -0.1) is 0 Å². The Bertz CT molecular complexity index is 372. The van der Waals surface area contributed by atoms with Crippen molar-refractivity contribution < 1.29 is 5.11 Å². The highest BCUT2D eigenvalue weighted by Crippen LogP contribution is 2.52. The Morgan fingerprint density at radius 3 is 2.65 bits per heavy atom. The number of aryl methyl sites for hydroxylation is 1. The zero-order chi connectivity index (χ0) is 11.7. The van der Waals surface area contributed by atoms with Crippen molar-refractivity contribution in [3.63, 3.8) is 0 Å². The Labute approximate surface area is 104 Å². The summed E-state index contributed by atoms with van der Waals surface area (Å²) in [4.78, 5) is 0. The Balaban J connectivity index is 1.52. The van der Waals surface area contributed by atoms with Crippen molar-refractivity contribution in [1.29, 1.82) is 0 Å². The smallest absolute Gasteiger partial charge is 0.0678 e. The molecule has 2 aliphatic rings. The van der Waals surface area contributed by atoms with Crippen LogP contribution in [0.4, 0.5) is 0 Å². The second kappa shape index (κ2) is 4.45. The van der Waals surface area contributed by atoms with E-state index in [0.717, 1.165) is 31.6 Å². The second-order valence-electron chi connectivity index (χ2n) is 6.02. The van der Waals surface area contributed by atoms with Gasteiger partial charge in [0.05, 0.1) is 5.60 Å². The number of fused-ring (bicyclic) bond motifs is 2. The molecule has 0 radical (unpaired) electrons. The molecule has 0 spiro atoms. The Morgan fingerprint density at radius 2 is 2.00 bits per heavy atom. The van der Waals surface area contributed by atoms with Crippen LogP contribution < -0.4 is 0 Å². The van der Waals surface area contributed by atoms with Gasteiger partial charge in [-0.3, -0.25) is 0 Å². The van der Waals surface area contributed by atoms with E-state index in [1.807, 2.05) is 0 Å². The minimum absolute atomic E-state index is 0.308. The lowest BCUT2D eigenvalue weighted by atomic mass is 9.80. The molecule has 1 nitrogen and oxygen atoms in total. The summed E-state index contributed by atoms with van der Waals surface area (Å²) in [7, 11) is 0. The summed E-state index contributed by atoms with van der Waals surface area (Å²) in [6.45, 7) is 0. The lowest BCUT2D eigenvalue weighted by Gasteiger charge is -2.32. The van der Waals surface area contributed by atoms with Crippen LogP contribution in [0.3, 0.4) is 0 Å². The third kappa shape index (κ3) is 2.26. The first-order chi connectivity index (χ1) is 8.26. The van der Waals surface area contributed by atoms with Crippen molar-refractivity contribution in [2.75, 3.05) is 0 Å². The van der Waals surface area contributed by atoms with E-state index in [9.17, 15) is 5.11 Å². The first-order valence-electron chi connectivity index (χ1n) is 7.02. The van der Waals surface area contributed by atoms with Crippen molar-refractivity contribution in [3.8, 4) is 0 Å². The van der Waals surface area contributed by atoms with Gasteiger partial charge in [0.25, 0.3) is 0 Å². The largest absolute Gasteiger partial charge is 0.390 e. The molecule has 2 fully saturated rings. The molecule has 1 N–H and O–H groups in total. The van der Waals surface area contributed by atoms with Gasteiger partial charge in [0.1, 0.15) is 0 Å². The van der Waals surface area contributed by atoms with Gasteiger partial charge in [-0.05, 0) is 62.3 Å². The molecule has 0 heterocycles. The summed E-state index contributed by atoms with van der Waals surface area (Å²) in [6, 6.07) is 10.6. The molecule has 92 valence electrons. The van der Waals surface area contributed by atoms with Gasteiger partial charge in [0, 0.05) is 0 Å². The maximum Gasteiger partial charge on any atom is 0.0678 e. The quantitative estimate of drug-likeness (QED) is 0.838. The lowest BCUT2D eigenvalue weighted by Crippen LogP contribution is -2.35. The number of aliphatic hydroxyl groups is 1. The summed E-state index contributed by atoms with van der Waals surface area (Å²) in [6.07, 6.45) is 8.25. The molecule has 1 heteroatoms. The van der Waals surface area contributed by atoms with E-state index in [4.69, 9.17) is 0 Å². The van der Waals surface area contributed by atoms with Crippen LogP contribution in [0.15, 0.2) is 30.3 Å². The molecular weight excluding hydrogens is 208 g/mol. The average Bonchev–Trinajstić information content (AvgIpc) is 2.90. The second-order valence-corrected chi connectivity index (χ2v) is 6.02. The molecule has 0 aromatic heterocycles. The van der Waals surface area contributed by atoms with Gasteiger partial charge >= 0.3 is 0 Å². The Kier molecular flexibility index (Phi) is 2.96. The molecular formula is C16H22O. The van der Waals surface area contributed by atoms with Crippen LogP contribution >= 0.6 is 0 Å². The van der Waals surface area contributed by atoms with Crippen molar-refractivity contribution in [1.82, 2.24) is 0 Å². The molecule has 0 amide bonds. The highest BCUT2D eigenvalue weighted by Gasteiger charge is 2.49. The van der Waals surface area contributed by atoms with Gasteiger partial charge in [0.15, 0.2) is 0 Å². The molecule has 2 bridgehead atoms. The molecule has 17 heavy (non-hydrogen) atoms. The summed E-state index contributed by atoms with van der Waals surface area (Å²) in [5.74, 6) is 1.45. The summed E-state index contributed by atoms with van der Waals surface area (Å²) in [5.41, 5.74) is 1.09. The lowest BCUT2D eigenvalue weighted by molar-refractivity contribution is -0.0219. The van der Waals surface area contributed by atoms with E-state index >= 15 is 0 Å². The van der Waals surface area contributed by atoms with E-state index in [1.165, 1.54) is 24.8 Å². The van der Waals surface area contributed by atoms with Crippen molar-refractivity contribution in [2.24, 2.45) is 11.8 Å². The molecule has 2 saturated carbocycles. The molecule has 1 aromatic rings. The molecule has 2 aliphatic carbocycles. The van der Waals surface area contributed by atoms with Crippen molar-refractivity contribution in [3.05, 3.63) is 35.9 Å². The van der Waals surface area contributed by atoms with Crippen LogP contribution in [0.1, 0.15) is 44.1 Å². The molecule has 1 aromatic carbocycles. The average molecular weight is 230 g/mol. The highest BCUT2D eigenvalue weighted by molar-refractivity contribution is 5.14. The van der Waals surface area contributed by atoms with E-state index in [-0.39, 0.29) is 5.60 Å². The topological polar surface area (TPSA) is 20.2 Å². The van der Waals surface area contributed by atoms with Crippen LogP contribution in [0.2, 0.25) is 0 Å². The third-order valence-electron chi connectivity index (χ3n) is 4.86. The monoisotopic (exact) mass is 230 g/mol. The maximum absolute atomic E-state index is 10.7. The molecule has 0 saturated heterocycles. The predicted octanol–water partition coefficient (Wildman–Crippen LogP) is 3.56. The van der Waals surface area contributed by atoms with Crippen LogP contribution in [0.25, 0.3) is 0 Å². The Hall–Kier alpha value is -0.820. The van der Waals surface area contributed by atoms with Crippen LogP contribution in [-0.4, -0.2) is 10.7 Å². The van der Waals surface area contributed by atoms with Gasteiger partial charge < -0.3 is 5.11 Å². The summed E-state index contributed by atoms with van der Waals surface area (Å²) in [5, 5.41) is 10.7. The van der Waals surface area contributed by atoms with Gasteiger partial charge in [-0.25, -0.2) is 0 Å². The van der Waals surface area contributed by atoms with E-state index in [2.05, 4.69) is 30.3 Å². The van der Waals surface area contributed by atoms with Crippen LogP contribution in [0, 0.1) is 11.8 Å². The summed E-state index contributed by atoms with van der Waals surface area (Å²) >= 11 is 0. The minimum Gasteiger partial charge on any atom is -0.390 e. The normalized spacial score (nSPS) is 35.4. The van der Waals surface area contributed by atoms with Gasteiger partial charge in [-0.1, -0.05) is 30.3 Å². The van der Waals surface area contributed by atoms with Gasteiger partial charge in [0.2, 0.25) is 0 Å². The van der Waals surface area contributed by atoms with Crippen molar-refractivity contribution >= 4 is 0 Å². The Morgan fingerprint density at radius 1 is 1.18 bits per heavy atom. The van der Waals surface area contributed by atoms with Crippen LogP contribution in [0.5, 0.6) is 0 Å². The van der Waals surface area contributed by atoms with Gasteiger partial charge in [-0.2, -0.15) is 0 Å². The van der Waals surface area contributed by atoms with Crippen molar-refractivity contribution in [2.45, 2.75) is 50.5 Å². The number of benzene rings is 1. The first kappa shape index (κ1) is 11.3. The minimum atomic E-state index is -0.308. The molecule has 3 rings (SSSR count). The fraction of sp³-hybridized carbons (Fsp3) is 0.625. The standard InChI is InChI=1S/C16H22O/c17-16(12-14-8-9-15(16)11-14)10-4-7-13-5-2-1-3-6-13/h1-3,5-6,14-15,17H,4,7-12H2. The highest BCUT2D eigenvalue weighted by atomic mass is 16.3. The zero-order valence-corrected chi connectivity index (χ0v) is 10.4. The third-order valence-corrected chi connectivity index (χ3v) is 4.86. The zero-order valence-electron chi connectivity index (χ0n) is 10.4. The summed E-state index contributed by atoms with van der Waals surface area (Å²) < 4.78 is 0.